The second-order valence-corrected chi connectivity index (χ2v) is 5.22. The Morgan fingerprint density at radius 2 is 1.83 bits per heavy atom. The molecule has 18 heavy (non-hydrogen) atoms. The average Bonchev–Trinajstić information content (AvgIpc) is 2.32. The quantitative estimate of drug-likeness (QED) is 0.830. The number of aliphatic hydroxyl groups is 1. The van der Waals surface area contributed by atoms with Crippen molar-refractivity contribution in [2.24, 2.45) is 0 Å². The van der Waals surface area contributed by atoms with E-state index >= 15 is 0 Å². The third kappa shape index (κ3) is 3.23. The number of likely N-dealkylation sites (tertiary alicyclic amines) is 1. The van der Waals surface area contributed by atoms with Gasteiger partial charge in [-0.1, -0.05) is 12.1 Å². The Bertz CT molecular complexity index is 415. The molecular weight excluding hydrogens is 230 g/mol. The van der Waals surface area contributed by atoms with Crippen molar-refractivity contribution < 1.29 is 15.0 Å². The van der Waals surface area contributed by atoms with Gasteiger partial charge in [0.25, 0.3) is 0 Å². The summed E-state index contributed by atoms with van der Waals surface area (Å²) >= 11 is 0. The first-order valence-electron chi connectivity index (χ1n) is 6.24. The molecule has 0 spiro atoms. The van der Waals surface area contributed by atoms with E-state index in [4.69, 9.17) is 0 Å². The predicted octanol–water partition coefficient (Wildman–Crippen LogP) is 1.31. The van der Waals surface area contributed by atoms with Gasteiger partial charge in [-0.05, 0) is 37.5 Å². The van der Waals surface area contributed by atoms with Crippen LogP contribution in [-0.2, 0) is 11.2 Å². The van der Waals surface area contributed by atoms with Crippen LogP contribution in [0.1, 0.15) is 25.3 Å². The number of amides is 1. The fraction of sp³-hybridized carbons (Fsp3) is 0.500. The summed E-state index contributed by atoms with van der Waals surface area (Å²) in [5.74, 6) is 0.288. The summed E-state index contributed by atoms with van der Waals surface area (Å²) < 4.78 is 0. The molecule has 1 aromatic carbocycles. The van der Waals surface area contributed by atoms with Crippen molar-refractivity contribution in [3.8, 4) is 5.75 Å². The van der Waals surface area contributed by atoms with E-state index in [1.54, 1.807) is 29.2 Å². The Kier molecular flexibility index (Phi) is 3.57. The highest BCUT2D eigenvalue weighted by Gasteiger charge is 2.29. The molecule has 1 aliphatic rings. The molecule has 0 radical (unpaired) electrons. The number of phenols is 1. The Morgan fingerprint density at radius 1 is 1.28 bits per heavy atom. The molecule has 1 aromatic rings. The van der Waals surface area contributed by atoms with Crippen LogP contribution in [-0.4, -0.2) is 39.7 Å². The second-order valence-electron chi connectivity index (χ2n) is 5.22. The average molecular weight is 249 g/mol. The van der Waals surface area contributed by atoms with Crippen LogP contribution in [0, 0.1) is 0 Å². The van der Waals surface area contributed by atoms with Gasteiger partial charge in [-0.3, -0.25) is 4.79 Å². The number of aromatic hydroxyl groups is 1. The number of phenolic OH excluding ortho intramolecular Hbond substituents is 1. The zero-order chi connectivity index (χ0) is 13.2. The van der Waals surface area contributed by atoms with Crippen LogP contribution in [0.3, 0.4) is 0 Å². The number of rotatable bonds is 2. The monoisotopic (exact) mass is 249 g/mol. The zero-order valence-electron chi connectivity index (χ0n) is 10.6. The van der Waals surface area contributed by atoms with Crippen LogP contribution in [0.2, 0.25) is 0 Å². The molecule has 0 saturated carbocycles. The minimum atomic E-state index is -0.630. The summed E-state index contributed by atoms with van der Waals surface area (Å²) in [4.78, 5) is 13.8. The fourth-order valence-corrected chi connectivity index (χ4v) is 2.14. The highest BCUT2D eigenvalue weighted by atomic mass is 16.3. The minimum absolute atomic E-state index is 0.0798. The molecule has 0 unspecified atom stereocenters. The smallest absolute Gasteiger partial charge is 0.226 e. The molecular formula is C14H19NO3. The van der Waals surface area contributed by atoms with Crippen molar-refractivity contribution in [2.45, 2.75) is 31.8 Å². The number of nitrogens with zero attached hydrogens (tertiary/aromatic N) is 1. The van der Waals surface area contributed by atoms with Crippen molar-refractivity contribution in [2.75, 3.05) is 13.1 Å². The topological polar surface area (TPSA) is 60.8 Å². The molecule has 1 amide bonds. The first kappa shape index (κ1) is 12.9. The maximum Gasteiger partial charge on any atom is 0.226 e. The molecule has 2 N–H and O–H groups in total. The largest absolute Gasteiger partial charge is 0.508 e. The van der Waals surface area contributed by atoms with Gasteiger partial charge in [0.1, 0.15) is 5.75 Å². The van der Waals surface area contributed by atoms with E-state index in [0.29, 0.717) is 32.4 Å². The number of piperidine rings is 1. The van der Waals surface area contributed by atoms with Gasteiger partial charge in [-0.2, -0.15) is 0 Å². The van der Waals surface area contributed by atoms with Crippen LogP contribution in [0.15, 0.2) is 24.3 Å². The van der Waals surface area contributed by atoms with E-state index in [2.05, 4.69) is 0 Å². The van der Waals surface area contributed by atoms with Crippen LogP contribution in [0.4, 0.5) is 0 Å². The Hall–Kier alpha value is -1.55. The van der Waals surface area contributed by atoms with Crippen molar-refractivity contribution in [3.63, 3.8) is 0 Å². The normalized spacial score (nSPS) is 18.7. The van der Waals surface area contributed by atoms with Gasteiger partial charge in [0, 0.05) is 13.1 Å². The van der Waals surface area contributed by atoms with E-state index < -0.39 is 5.60 Å². The van der Waals surface area contributed by atoms with Gasteiger partial charge < -0.3 is 15.1 Å². The summed E-state index contributed by atoms with van der Waals surface area (Å²) in [6.45, 7) is 3.04. The van der Waals surface area contributed by atoms with Crippen molar-refractivity contribution in [1.82, 2.24) is 4.90 Å². The molecule has 98 valence electrons. The third-order valence-electron chi connectivity index (χ3n) is 3.48. The summed E-state index contributed by atoms with van der Waals surface area (Å²) in [6, 6.07) is 6.69. The Labute approximate surface area is 107 Å². The maximum absolute atomic E-state index is 12.0. The zero-order valence-corrected chi connectivity index (χ0v) is 10.6. The molecule has 2 rings (SSSR count). The lowest BCUT2D eigenvalue weighted by Gasteiger charge is -2.35. The molecule has 0 aromatic heterocycles. The molecule has 0 bridgehead atoms. The molecule has 1 aliphatic heterocycles. The van der Waals surface area contributed by atoms with Crippen LogP contribution in [0.5, 0.6) is 5.75 Å². The van der Waals surface area contributed by atoms with E-state index in [1.165, 1.54) is 0 Å². The Morgan fingerprint density at radius 3 is 2.39 bits per heavy atom. The van der Waals surface area contributed by atoms with Gasteiger partial charge in [-0.25, -0.2) is 0 Å². The van der Waals surface area contributed by atoms with E-state index in [1.807, 2.05) is 6.92 Å². The molecule has 4 heteroatoms. The molecule has 4 nitrogen and oxygen atoms in total. The molecule has 0 aliphatic carbocycles. The van der Waals surface area contributed by atoms with Crippen LogP contribution in [0.25, 0.3) is 0 Å². The summed E-state index contributed by atoms with van der Waals surface area (Å²) in [7, 11) is 0. The second kappa shape index (κ2) is 4.98. The van der Waals surface area contributed by atoms with Gasteiger partial charge >= 0.3 is 0 Å². The predicted molar refractivity (Wildman–Crippen MR) is 68.2 cm³/mol. The lowest BCUT2D eigenvalue weighted by molar-refractivity contribution is -0.134. The summed E-state index contributed by atoms with van der Waals surface area (Å²) in [5, 5.41) is 19.0. The highest BCUT2D eigenvalue weighted by Crippen LogP contribution is 2.21. The first-order valence-corrected chi connectivity index (χ1v) is 6.24. The molecule has 0 atom stereocenters. The van der Waals surface area contributed by atoms with Crippen molar-refractivity contribution in [3.05, 3.63) is 29.8 Å². The first-order chi connectivity index (χ1) is 8.46. The van der Waals surface area contributed by atoms with Gasteiger partial charge in [0.2, 0.25) is 5.91 Å². The van der Waals surface area contributed by atoms with E-state index in [0.717, 1.165) is 5.56 Å². The number of hydrogen-bond acceptors (Lipinski definition) is 3. The minimum Gasteiger partial charge on any atom is -0.508 e. The number of carbonyl (C=O) groups is 1. The molecule has 1 saturated heterocycles. The highest BCUT2D eigenvalue weighted by molar-refractivity contribution is 5.78. The number of hydrogen-bond donors (Lipinski definition) is 2. The van der Waals surface area contributed by atoms with Gasteiger partial charge in [0.05, 0.1) is 12.0 Å². The third-order valence-corrected chi connectivity index (χ3v) is 3.48. The lowest BCUT2D eigenvalue weighted by Crippen LogP contribution is -2.45. The molecule has 1 heterocycles. The van der Waals surface area contributed by atoms with Gasteiger partial charge in [-0.15, -0.1) is 0 Å². The summed E-state index contributed by atoms with van der Waals surface area (Å²) in [6.07, 6.45) is 1.62. The maximum atomic E-state index is 12.0. The van der Waals surface area contributed by atoms with Gasteiger partial charge in [0.15, 0.2) is 0 Å². The number of carbonyl (C=O) groups excluding carboxylic acids is 1. The standard InChI is InChI=1S/C14H19NO3/c1-14(18)6-8-15(9-7-14)13(17)10-11-2-4-12(16)5-3-11/h2-5,16,18H,6-10H2,1H3. The SMILES string of the molecule is CC1(O)CCN(C(=O)Cc2ccc(O)cc2)CC1. The van der Waals surface area contributed by atoms with Crippen LogP contribution >= 0.6 is 0 Å². The fourth-order valence-electron chi connectivity index (χ4n) is 2.14. The van der Waals surface area contributed by atoms with E-state index in [-0.39, 0.29) is 11.7 Å². The van der Waals surface area contributed by atoms with Crippen molar-refractivity contribution >= 4 is 5.91 Å². The van der Waals surface area contributed by atoms with E-state index in [9.17, 15) is 15.0 Å². The van der Waals surface area contributed by atoms with Crippen molar-refractivity contribution in [1.29, 1.82) is 0 Å². The number of benzene rings is 1. The lowest BCUT2D eigenvalue weighted by atomic mass is 9.93. The molecule has 1 fully saturated rings. The Balaban J connectivity index is 1.91. The van der Waals surface area contributed by atoms with Crippen LogP contribution < -0.4 is 0 Å². The summed E-state index contributed by atoms with van der Waals surface area (Å²) in [5.41, 5.74) is 0.269.